The molecule has 0 bridgehead atoms. The number of benzene rings is 2. The zero-order valence-corrected chi connectivity index (χ0v) is 14.5. The van der Waals surface area contributed by atoms with Crippen molar-refractivity contribution in [1.82, 2.24) is 5.32 Å². The largest absolute Gasteiger partial charge is 0.454 e. The van der Waals surface area contributed by atoms with Crippen LogP contribution in [0.4, 0.5) is 10.1 Å². The Bertz CT molecular complexity index is 752. The summed E-state index contributed by atoms with van der Waals surface area (Å²) < 4.78 is 28.9. The molecule has 0 saturated carbocycles. The minimum Gasteiger partial charge on any atom is -0.454 e. The van der Waals surface area contributed by atoms with Crippen LogP contribution in [0.2, 0.25) is 0 Å². The monoisotopic (exact) mass is 360 g/mol. The number of carbonyl (C=O) groups excluding carboxylic acids is 1. The van der Waals surface area contributed by atoms with Gasteiger partial charge >= 0.3 is 0 Å². The van der Waals surface area contributed by atoms with Crippen molar-refractivity contribution in [1.29, 1.82) is 0 Å². The van der Waals surface area contributed by atoms with Crippen molar-refractivity contribution >= 4 is 11.6 Å². The van der Waals surface area contributed by atoms with E-state index in [1.165, 1.54) is 12.1 Å². The van der Waals surface area contributed by atoms with E-state index >= 15 is 0 Å². The molecular weight excluding hydrogens is 339 g/mol. The number of hydrogen-bond donors (Lipinski definition) is 1. The number of ether oxygens (including phenoxy) is 3. The van der Waals surface area contributed by atoms with Gasteiger partial charge in [0.2, 0.25) is 12.7 Å². The second-order valence-corrected chi connectivity index (χ2v) is 5.81. The predicted octanol–water partition coefficient (Wildman–Crippen LogP) is 2.32. The second-order valence-electron chi connectivity index (χ2n) is 5.81. The number of nitrogens with one attached hydrogen (secondary N) is 1. The Kier molecular flexibility index (Phi) is 6.04. The van der Waals surface area contributed by atoms with Crippen LogP contribution >= 0.6 is 0 Å². The Balaban J connectivity index is 1.76. The maximum atomic E-state index is 13.3. The van der Waals surface area contributed by atoms with Crippen molar-refractivity contribution in [2.75, 3.05) is 38.5 Å². The van der Waals surface area contributed by atoms with E-state index in [4.69, 9.17) is 14.2 Å². The Hall–Kier alpha value is -2.64. The lowest BCUT2D eigenvalue weighted by atomic mass is 10.1. The summed E-state index contributed by atoms with van der Waals surface area (Å²) in [7, 11) is 1.61. The molecule has 0 aromatic heterocycles. The van der Waals surface area contributed by atoms with Gasteiger partial charge in [-0.15, -0.1) is 0 Å². The third kappa shape index (κ3) is 4.50. The molecule has 0 fully saturated rings. The van der Waals surface area contributed by atoms with Crippen molar-refractivity contribution in [2.45, 2.75) is 6.54 Å². The van der Waals surface area contributed by atoms with Gasteiger partial charge in [-0.1, -0.05) is 6.07 Å². The number of carbonyl (C=O) groups is 1. The Morgan fingerprint density at radius 2 is 1.96 bits per heavy atom. The lowest BCUT2D eigenvalue weighted by Gasteiger charge is -2.23. The first-order valence-corrected chi connectivity index (χ1v) is 8.31. The lowest BCUT2D eigenvalue weighted by Crippen LogP contribution is -2.38. The minimum atomic E-state index is -0.345. The van der Waals surface area contributed by atoms with Gasteiger partial charge in [-0.05, 0) is 42.0 Å². The van der Waals surface area contributed by atoms with Crippen LogP contribution < -0.4 is 19.7 Å². The van der Waals surface area contributed by atoms with E-state index in [0.717, 1.165) is 5.56 Å². The van der Waals surface area contributed by atoms with Crippen LogP contribution in [0, 0.1) is 5.82 Å². The van der Waals surface area contributed by atoms with Gasteiger partial charge in [-0.25, -0.2) is 4.39 Å². The van der Waals surface area contributed by atoms with Crippen LogP contribution in [-0.2, 0) is 16.1 Å². The zero-order valence-electron chi connectivity index (χ0n) is 14.5. The summed E-state index contributed by atoms with van der Waals surface area (Å²) in [6.07, 6.45) is 0. The van der Waals surface area contributed by atoms with E-state index in [9.17, 15) is 9.18 Å². The SMILES string of the molecule is COCCNCC(=O)N(Cc1ccc2c(c1)OCO2)c1ccc(F)cc1. The molecule has 1 amide bonds. The quantitative estimate of drug-likeness (QED) is 0.732. The summed E-state index contributed by atoms with van der Waals surface area (Å²) in [5, 5.41) is 3.04. The molecule has 0 spiro atoms. The van der Waals surface area contributed by atoms with Crippen molar-refractivity contribution in [2.24, 2.45) is 0 Å². The summed E-state index contributed by atoms with van der Waals surface area (Å²) in [4.78, 5) is 14.3. The number of methoxy groups -OCH3 is 1. The highest BCUT2D eigenvalue weighted by atomic mass is 19.1. The van der Waals surface area contributed by atoms with Crippen LogP contribution in [0.3, 0.4) is 0 Å². The van der Waals surface area contributed by atoms with E-state index in [-0.39, 0.29) is 25.1 Å². The Morgan fingerprint density at radius 3 is 2.73 bits per heavy atom. The molecule has 0 saturated heterocycles. The molecule has 2 aromatic rings. The van der Waals surface area contributed by atoms with Crippen molar-refractivity contribution < 1.29 is 23.4 Å². The first-order chi connectivity index (χ1) is 12.7. The molecule has 0 radical (unpaired) electrons. The minimum absolute atomic E-state index is 0.120. The van der Waals surface area contributed by atoms with E-state index in [1.54, 1.807) is 24.1 Å². The molecule has 7 heteroatoms. The molecule has 3 rings (SSSR count). The number of halogens is 1. The number of nitrogens with zero attached hydrogens (tertiary/aromatic N) is 1. The number of rotatable bonds is 8. The first-order valence-electron chi connectivity index (χ1n) is 8.31. The number of amides is 1. The normalized spacial score (nSPS) is 12.2. The summed E-state index contributed by atoms with van der Waals surface area (Å²) in [5.74, 6) is 0.884. The molecule has 0 aliphatic carbocycles. The summed E-state index contributed by atoms with van der Waals surface area (Å²) in [5.41, 5.74) is 1.52. The number of hydrogen-bond acceptors (Lipinski definition) is 5. The second kappa shape index (κ2) is 8.64. The molecule has 2 aromatic carbocycles. The van der Waals surface area contributed by atoms with Crippen molar-refractivity contribution in [3.8, 4) is 11.5 Å². The fourth-order valence-corrected chi connectivity index (χ4v) is 2.63. The van der Waals surface area contributed by atoms with Gasteiger partial charge in [0.1, 0.15) is 5.82 Å². The third-order valence-electron chi connectivity index (χ3n) is 3.98. The van der Waals surface area contributed by atoms with Gasteiger partial charge < -0.3 is 24.4 Å². The van der Waals surface area contributed by atoms with Gasteiger partial charge in [-0.2, -0.15) is 0 Å². The standard InChI is InChI=1S/C19H21FN2O4/c1-24-9-8-21-11-19(23)22(16-5-3-15(20)4-6-16)12-14-2-7-17-18(10-14)26-13-25-17/h2-7,10,21H,8-9,11-13H2,1H3. The fourth-order valence-electron chi connectivity index (χ4n) is 2.63. The number of anilines is 1. The topological polar surface area (TPSA) is 60.0 Å². The molecule has 138 valence electrons. The Morgan fingerprint density at radius 1 is 1.19 bits per heavy atom. The molecule has 1 aliphatic heterocycles. The molecular formula is C19H21FN2O4. The van der Waals surface area contributed by atoms with Crippen LogP contribution in [0.1, 0.15) is 5.56 Å². The van der Waals surface area contributed by atoms with Gasteiger partial charge in [0.05, 0.1) is 19.7 Å². The molecule has 0 atom stereocenters. The van der Waals surface area contributed by atoms with Gasteiger partial charge in [0.15, 0.2) is 11.5 Å². The first kappa shape index (κ1) is 18.2. The molecule has 6 nitrogen and oxygen atoms in total. The molecule has 1 heterocycles. The van der Waals surface area contributed by atoms with E-state index < -0.39 is 0 Å². The van der Waals surface area contributed by atoms with Crippen LogP contribution in [0.15, 0.2) is 42.5 Å². The average Bonchev–Trinajstić information content (AvgIpc) is 3.12. The highest BCUT2D eigenvalue weighted by Crippen LogP contribution is 2.33. The molecule has 26 heavy (non-hydrogen) atoms. The van der Waals surface area contributed by atoms with Gasteiger partial charge in [-0.3, -0.25) is 4.79 Å². The predicted molar refractivity (Wildman–Crippen MR) is 94.9 cm³/mol. The highest BCUT2D eigenvalue weighted by Gasteiger charge is 2.19. The van der Waals surface area contributed by atoms with Gasteiger partial charge in [0, 0.05) is 19.3 Å². The van der Waals surface area contributed by atoms with E-state index in [1.807, 2.05) is 18.2 Å². The van der Waals surface area contributed by atoms with Crippen LogP contribution in [0.5, 0.6) is 11.5 Å². The van der Waals surface area contributed by atoms with Crippen molar-refractivity contribution in [3.05, 3.63) is 53.8 Å². The van der Waals surface area contributed by atoms with Crippen LogP contribution in [0.25, 0.3) is 0 Å². The Labute approximate surface area is 151 Å². The maximum Gasteiger partial charge on any atom is 0.241 e. The summed E-state index contributed by atoms with van der Waals surface area (Å²) >= 11 is 0. The number of fused-ring (bicyclic) bond motifs is 1. The molecule has 1 aliphatic rings. The lowest BCUT2D eigenvalue weighted by molar-refractivity contribution is -0.118. The smallest absolute Gasteiger partial charge is 0.241 e. The van der Waals surface area contributed by atoms with Gasteiger partial charge in [0.25, 0.3) is 0 Å². The average molecular weight is 360 g/mol. The fraction of sp³-hybridized carbons (Fsp3) is 0.316. The zero-order chi connectivity index (χ0) is 18.4. The summed E-state index contributed by atoms with van der Waals surface area (Å²) in [6, 6.07) is 11.4. The third-order valence-corrected chi connectivity index (χ3v) is 3.98. The molecule has 1 N–H and O–H groups in total. The van der Waals surface area contributed by atoms with E-state index in [2.05, 4.69) is 5.32 Å². The van der Waals surface area contributed by atoms with E-state index in [0.29, 0.717) is 36.9 Å². The van der Waals surface area contributed by atoms with Crippen LogP contribution in [-0.4, -0.2) is 39.5 Å². The molecule has 0 unspecified atom stereocenters. The maximum absolute atomic E-state index is 13.3. The van der Waals surface area contributed by atoms with Crippen molar-refractivity contribution in [3.63, 3.8) is 0 Å². The summed E-state index contributed by atoms with van der Waals surface area (Å²) in [6.45, 7) is 1.79. The highest BCUT2D eigenvalue weighted by molar-refractivity contribution is 5.94.